The van der Waals surface area contributed by atoms with Crippen LogP contribution in [0.1, 0.15) is 51.1 Å². The van der Waals surface area contributed by atoms with Crippen molar-refractivity contribution in [1.29, 1.82) is 0 Å². The maximum atomic E-state index is 12.6. The van der Waals surface area contributed by atoms with Gasteiger partial charge in [0.15, 0.2) is 0 Å². The summed E-state index contributed by atoms with van der Waals surface area (Å²) in [5.74, 6) is 0.115. The van der Waals surface area contributed by atoms with Crippen molar-refractivity contribution in [3.05, 3.63) is 29.8 Å². The lowest BCUT2D eigenvalue weighted by molar-refractivity contribution is -0.128. The van der Waals surface area contributed by atoms with Crippen molar-refractivity contribution in [1.82, 2.24) is 10.2 Å². The fourth-order valence-corrected chi connectivity index (χ4v) is 3.20. The average Bonchev–Trinajstić information content (AvgIpc) is 2.55. The molecule has 1 aromatic rings. The molecule has 1 aliphatic heterocycles. The Morgan fingerprint density at radius 1 is 1.42 bits per heavy atom. The van der Waals surface area contributed by atoms with Crippen LogP contribution in [0.25, 0.3) is 0 Å². The Morgan fingerprint density at radius 3 is 2.92 bits per heavy atom. The smallest absolute Gasteiger partial charge is 0.387 e. The maximum absolute atomic E-state index is 12.6. The SMILES string of the molecule is CCCN1CCCCC1C(=O)NC(C)c1cccc(OC(F)F)c1. The van der Waals surface area contributed by atoms with E-state index in [0.717, 1.165) is 44.3 Å². The standard InChI is InChI=1S/C18H26F2N2O2/c1-3-10-22-11-5-4-9-16(22)17(23)21-13(2)14-7-6-8-15(12-14)24-18(19)20/h6-8,12-13,16,18H,3-5,9-11H2,1-2H3,(H,21,23). The van der Waals surface area contributed by atoms with Crippen LogP contribution in [0.2, 0.25) is 0 Å². The summed E-state index contributed by atoms with van der Waals surface area (Å²) < 4.78 is 29.1. The number of hydrogen-bond acceptors (Lipinski definition) is 3. The third kappa shape index (κ3) is 5.16. The van der Waals surface area contributed by atoms with Gasteiger partial charge in [0.2, 0.25) is 5.91 Å². The molecule has 1 fully saturated rings. The Labute approximate surface area is 142 Å². The molecule has 1 heterocycles. The molecule has 0 saturated carbocycles. The molecular formula is C18H26F2N2O2. The van der Waals surface area contributed by atoms with E-state index >= 15 is 0 Å². The molecule has 0 spiro atoms. The quantitative estimate of drug-likeness (QED) is 0.822. The molecule has 1 saturated heterocycles. The Kier molecular flexibility index (Phi) is 6.97. The topological polar surface area (TPSA) is 41.6 Å². The molecule has 0 radical (unpaired) electrons. The van der Waals surface area contributed by atoms with E-state index in [0.29, 0.717) is 0 Å². The summed E-state index contributed by atoms with van der Waals surface area (Å²) in [5, 5.41) is 3.01. The second kappa shape index (κ2) is 8.97. The van der Waals surface area contributed by atoms with Crippen molar-refractivity contribution in [3.63, 3.8) is 0 Å². The van der Waals surface area contributed by atoms with E-state index in [-0.39, 0.29) is 23.7 Å². The minimum absolute atomic E-state index is 0.0100. The molecule has 134 valence electrons. The Balaban J connectivity index is 2.00. The van der Waals surface area contributed by atoms with Gasteiger partial charge < -0.3 is 10.1 Å². The van der Waals surface area contributed by atoms with Gasteiger partial charge in [0.1, 0.15) is 5.75 Å². The number of rotatable bonds is 7. The van der Waals surface area contributed by atoms with Crippen LogP contribution in [-0.2, 0) is 4.79 Å². The molecule has 0 aromatic heterocycles. The molecule has 1 aliphatic rings. The van der Waals surface area contributed by atoms with Crippen LogP contribution in [0.5, 0.6) is 5.75 Å². The molecule has 2 rings (SSSR count). The van der Waals surface area contributed by atoms with Gasteiger partial charge in [-0.25, -0.2) is 0 Å². The number of amides is 1. The molecule has 1 amide bonds. The van der Waals surface area contributed by atoms with Gasteiger partial charge in [0.05, 0.1) is 12.1 Å². The second-order valence-corrected chi connectivity index (χ2v) is 6.23. The molecule has 4 nitrogen and oxygen atoms in total. The number of alkyl halides is 2. The van der Waals surface area contributed by atoms with Gasteiger partial charge in [-0.15, -0.1) is 0 Å². The zero-order chi connectivity index (χ0) is 17.5. The fourth-order valence-electron chi connectivity index (χ4n) is 3.20. The lowest BCUT2D eigenvalue weighted by atomic mass is 10.00. The minimum atomic E-state index is -2.85. The zero-order valence-corrected chi connectivity index (χ0v) is 14.3. The second-order valence-electron chi connectivity index (χ2n) is 6.23. The van der Waals surface area contributed by atoms with Gasteiger partial charge in [-0.3, -0.25) is 9.69 Å². The van der Waals surface area contributed by atoms with Gasteiger partial charge in [-0.05, 0) is 57.0 Å². The number of carbonyl (C=O) groups excluding carboxylic acids is 1. The number of carbonyl (C=O) groups is 1. The van der Waals surface area contributed by atoms with Gasteiger partial charge in [-0.2, -0.15) is 8.78 Å². The lowest BCUT2D eigenvalue weighted by Gasteiger charge is -2.35. The van der Waals surface area contributed by atoms with Crippen LogP contribution >= 0.6 is 0 Å². The molecule has 1 aromatic carbocycles. The lowest BCUT2D eigenvalue weighted by Crippen LogP contribution is -2.50. The number of nitrogens with one attached hydrogen (secondary N) is 1. The molecule has 0 bridgehead atoms. The first-order valence-electron chi connectivity index (χ1n) is 8.60. The average molecular weight is 340 g/mol. The van der Waals surface area contributed by atoms with Crippen molar-refractivity contribution in [3.8, 4) is 5.75 Å². The maximum Gasteiger partial charge on any atom is 0.387 e. The minimum Gasteiger partial charge on any atom is -0.435 e. The van der Waals surface area contributed by atoms with E-state index in [9.17, 15) is 13.6 Å². The summed E-state index contributed by atoms with van der Waals surface area (Å²) in [6.45, 7) is 2.99. The molecule has 0 aliphatic carbocycles. The van der Waals surface area contributed by atoms with Crippen LogP contribution < -0.4 is 10.1 Å². The third-order valence-electron chi connectivity index (χ3n) is 4.37. The first-order chi connectivity index (χ1) is 11.5. The Morgan fingerprint density at radius 2 is 2.21 bits per heavy atom. The van der Waals surface area contributed by atoms with E-state index in [1.807, 2.05) is 6.92 Å². The van der Waals surface area contributed by atoms with Crippen molar-refractivity contribution in [2.45, 2.75) is 58.2 Å². The van der Waals surface area contributed by atoms with E-state index in [1.165, 1.54) is 6.07 Å². The van der Waals surface area contributed by atoms with Gasteiger partial charge in [0.25, 0.3) is 0 Å². The van der Waals surface area contributed by atoms with E-state index < -0.39 is 6.61 Å². The van der Waals surface area contributed by atoms with Crippen molar-refractivity contribution < 1.29 is 18.3 Å². The Bertz CT molecular complexity index is 538. The van der Waals surface area contributed by atoms with Gasteiger partial charge in [0, 0.05) is 0 Å². The van der Waals surface area contributed by atoms with Crippen molar-refractivity contribution in [2.75, 3.05) is 13.1 Å². The van der Waals surface area contributed by atoms with Gasteiger partial charge >= 0.3 is 6.61 Å². The number of piperidine rings is 1. The number of nitrogens with zero attached hydrogens (tertiary/aromatic N) is 1. The summed E-state index contributed by atoms with van der Waals surface area (Å²) >= 11 is 0. The van der Waals surface area contributed by atoms with Crippen molar-refractivity contribution >= 4 is 5.91 Å². The molecule has 24 heavy (non-hydrogen) atoms. The largest absolute Gasteiger partial charge is 0.435 e. The normalized spacial score (nSPS) is 20.0. The van der Waals surface area contributed by atoms with Crippen LogP contribution in [-0.4, -0.2) is 36.5 Å². The highest BCUT2D eigenvalue weighted by molar-refractivity contribution is 5.82. The number of ether oxygens (including phenoxy) is 1. The fraction of sp³-hybridized carbons (Fsp3) is 0.611. The Hall–Kier alpha value is -1.69. The number of halogens is 2. The van der Waals surface area contributed by atoms with E-state index in [4.69, 9.17) is 0 Å². The molecule has 2 unspecified atom stereocenters. The molecule has 6 heteroatoms. The summed E-state index contributed by atoms with van der Waals surface area (Å²) in [4.78, 5) is 14.9. The highest BCUT2D eigenvalue weighted by Gasteiger charge is 2.28. The van der Waals surface area contributed by atoms with E-state index in [1.54, 1.807) is 18.2 Å². The monoisotopic (exact) mass is 340 g/mol. The van der Waals surface area contributed by atoms with E-state index in [2.05, 4.69) is 21.9 Å². The molecular weight excluding hydrogens is 314 g/mol. The first-order valence-corrected chi connectivity index (χ1v) is 8.60. The summed E-state index contributed by atoms with van der Waals surface area (Å²) in [7, 11) is 0. The summed E-state index contributed by atoms with van der Waals surface area (Å²) in [5.41, 5.74) is 0.749. The number of likely N-dealkylation sites (tertiary alicyclic amines) is 1. The van der Waals surface area contributed by atoms with Crippen LogP contribution in [0.4, 0.5) is 8.78 Å². The molecule has 1 N–H and O–H groups in total. The summed E-state index contributed by atoms with van der Waals surface area (Å²) in [6, 6.07) is 6.12. The van der Waals surface area contributed by atoms with Crippen LogP contribution in [0.3, 0.4) is 0 Å². The third-order valence-corrected chi connectivity index (χ3v) is 4.37. The van der Waals surface area contributed by atoms with Gasteiger partial charge in [-0.1, -0.05) is 25.5 Å². The first kappa shape index (κ1) is 18.6. The van der Waals surface area contributed by atoms with Crippen LogP contribution in [0, 0.1) is 0 Å². The number of hydrogen-bond donors (Lipinski definition) is 1. The summed E-state index contributed by atoms with van der Waals surface area (Å²) in [6.07, 6.45) is 4.08. The van der Waals surface area contributed by atoms with Crippen LogP contribution in [0.15, 0.2) is 24.3 Å². The number of benzene rings is 1. The highest BCUT2D eigenvalue weighted by atomic mass is 19.3. The molecule has 2 atom stereocenters. The zero-order valence-electron chi connectivity index (χ0n) is 14.3. The highest BCUT2D eigenvalue weighted by Crippen LogP contribution is 2.22. The van der Waals surface area contributed by atoms with Crippen molar-refractivity contribution in [2.24, 2.45) is 0 Å². The predicted molar refractivity (Wildman–Crippen MR) is 89.1 cm³/mol. The predicted octanol–water partition coefficient (Wildman–Crippen LogP) is 3.73.